The molecule has 3 nitrogen and oxygen atoms in total. The van der Waals surface area contributed by atoms with E-state index >= 15 is 0 Å². The quantitative estimate of drug-likeness (QED) is 0.223. The van der Waals surface area contributed by atoms with Crippen LogP contribution in [0, 0.1) is 0 Å². The van der Waals surface area contributed by atoms with Gasteiger partial charge in [0, 0.05) is 13.5 Å². The SMILES string of the molecule is CCCCCC=C/C=C/[C@@H](CCCCCCCC(=O)OC)OC. The van der Waals surface area contributed by atoms with Gasteiger partial charge in [0.2, 0.25) is 0 Å². The highest BCUT2D eigenvalue weighted by molar-refractivity contribution is 5.68. The Labute approximate surface area is 143 Å². The van der Waals surface area contributed by atoms with E-state index in [-0.39, 0.29) is 12.1 Å². The molecule has 0 saturated carbocycles. The largest absolute Gasteiger partial charge is 0.469 e. The minimum absolute atomic E-state index is 0.0997. The van der Waals surface area contributed by atoms with E-state index in [4.69, 9.17) is 4.74 Å². The summed E-state index contributed by atoms with van der Waals surface area (Å²) in [4.78, 5) is 11.0. The van der Waals surface area contributed by atoms with Crippen molar-refractivity contribution in [2.75, 3.05) is 14.2 Å². The van der Waals surface area contributed by atoms with Crippen LogP contribution in [0.4, 0.5) is 0 Å². The van der Waals surface area contributed by atoms with Crippen molar-refractivity contribution < 1.29 is 14.3 Å². The number of methoxy groups -OCH3 is 2. The highest BCUT2D eigenvalue weighted by Gasteiger charge is 2.02. The van der Waals surface area contributed by atoms with E-state index in [9.17, 15) is 4.79 Å². The normalized spacial score (nSPS) is 13.0. The molecular formula is C20H36O3. The summed E-state index contributed by atoms with van der Waals surface area (Å²) in [5.41, 5.74) is 0. The second-order valence-corrected chi connectivity index (χ2v) is 5.97. The Kier molecular flexibility index (Phi) is 16.4. The number of ether oxygens (including phenoxy) is 2. The Morgan fingerprint density at radius 2 is 1.70 bits per heavy atom. The van der Waals surface area contributed by atoms with Crippen LogP contribution in [-0.2, 0) is 14.3 Å². The van der Waals surface area contributed by atoms with Crippen LogP contribution in [0.1, 0.15) is 77.6 Å². The van der Waals surface area contributed by atoms with Crippen LogP contribution in [0.5, 0.6) is 0 Å². The molecule has 0 unspecified atom stereocenters. The first-order valence-electron chi connectivity index (χ1n) is 9.17. The molecule has 0 aliphatic heterocycles. The first-order valence-corrected chi connectivity index (χ1v) is 9.17. The molecule has 134 valence electrons. The zero-order chi connectivity index (χ0) is 17.2. The van der Waals surface area contributed by atoms with Gasteiger partial charge in [0.05, 0.1) is 13.2 Å². The fourth-order valence-electron chi connectivity index (χ4n) is 2.41. The standard InChI is InChI=1S/C20H36O3/c1-4-5-6-7-8-10-13-16-19(22-2)17-14-11-9-12-15-18-20(21)23-3/h8,10,13,16,19H,4-7,9,11-12,14-15,17-18H2,1-3H3/b10-8?,16-13+/t19-/m0/s1. The van der Waals surface area contributed by atoms with Gasteiger partial charge < -0.3 is 9.47 Å². The molecule has 0 aromatic heterocycles. The maximum absolute atomic E-state index is 11.0. The lowest BCUT2D eigenvalue weighted by Crippen LogP contribution is -2.06. The zero-order valence-corrected chi connectivity index (χ0v) is 15.4. The predicted molar refractivity (Wildman–Crippen MR) is 97.6 cm³/mol. The third kappa shape index (κ3) is 15.6. The van der Waals surface area contributed by atoms with Gasteiger partial charge in [0.15, 0.2) is 0 Å². The summed E-state index contributed by atoms with van der Waals surface area (Å²) in [6.45, 7) is 2.23. The maximum atomic E-state index is 11.0. The van der Waals surface area contributed by atoms with Crippen LogP contribution in [0.3, 0.4) is 0 Å². The van der Waals surface area contributed by atoms with Gasteiger partial charge in [-0.15, -0.1) is 0 Å². The summed E-state index contributed by atoms with van der Waals surface area (Å²) in [6, 6.07) is 0. The number of hydrogen-bond donors (Lipinski definition) is 0. The van der Waals surface area contributed by atoms with Crippen LogP contribution >= 0.6 is 0 Å². The van der Waals surface area contributed by atoms with Crippen molar-refractivity contribution >= 4 is 5.97 Å². The van der Waals surface area contributed by atoms with E-state index in [0.29, 0.717) is 6.42 Å². The molecule has 0 bridgehead atoms. The van der Waals surface area contributed by atoms with Crippen LogP contribution < -0.4 is 0 Å². The highest BCUT2D eigenvalue weighted by atomic mass is 16.5. The zero-order valence-electron chi connectivity index (χ0n) is 15.4. The molecule has 0 fully saturated rings. The van der Waals surface area contributed by atoms with Crippen molar-refractivity contribution in [3.63, 3.8) is 0 Å². The summed E-state index contributed by atoms with van der Waals surface area (Å²) in [5, 5.41) is 0. The summed E-state index contributed by atoms with van der Waals surface area (Å²) in [7, 11) is 3.22. The smallest absolute Gasteiger partial charge is 0.305 e. The van der Waals surface area contributed by atoms with E-state index in [1.54, 1.807) is 7.11 Å². The van der Waals surface area contributed by atoms with Gasteiger partial charge in [-0.1, -0.05) is 69.8 Å². The van der Waals surface area contributed by atoms with Gasteiger partial charge >= 0.3 is 5.97 Å². The average molecular weight is 325 g/mol. The lowest BCUT2D eigenvalue weighted by molar-refractivity contribution is -0.140. The van der Waals surface area contributed by atoms with Gasteiger partial charge in [-0.25, -0.2) is 0 Å². The molecule has 0 aromatic rings. The molecule has 0 aromatic carbocycles. The fraction of sp³-hybridized carbons (Fsp3) is 0.750. The predicted octanol–water partition coefficient (Wildman–Crippen LogP) is 5.60. The van der Waals surface area contributed by atoms with Crippen molar-refractivity contribution in [2.24, 2.45) is 0 Å². The van der Waals surface area contributed by atoms with E-state index in [1.165, 1.54) is 52.1 Å². The van der Waals surface area contributed by atoms with E-state index in [2.05, 4.69) is 36.0 Å². The Hall–Kier alpha value is -1.09. The maximum Gasteiger partial charge on any atom is 0.305 e. The number of carbonyl (C=O) groups is 1. The molecule has 0 aliphatic carbocycles. The molecule has 1 atom stereocenters. The summed E-state index contributed by atoms with van der Waals surface area (Å²) in [6.07, 6.45) is 21.1. The molecule has 0 heterocycles. The van der Waals surface area contributed by atoms with Gasteiger partial charge in [0.1, 0.15) is 0 Å². The Morgan fingerprint density at radius 3 is 2.39 bits per heavy atom. The molecular weight excluding hydrogens is 288 g/mol. The molecule has 0 radical (unpaired) electrons. The third-order valence-electron chi connectivity index (χ3n) is 3.95. The third-order valence-corrected chi connectivity index (χ3v) is 3.95. The molecule has 0 rings (SSSR count). The van der Waals surface area contributed by atoms with E-state index in [0.717, 1.165) is 19.3 Å². The van der Waals surface area contributed by atoms with Crippen LogP contribution in [0.15, 0.2) is 24.3 Å². The minimum Gasteiger partial charge on any atom is -0.469 e. The van der Waals surface area contributed by atoms with Gasteiger partial charge in [-0.2, -0.15) is 0 Å². The second-order valence-electron chi connectivity index (χ2n) is 5.97. The molecule has 3 heteroatoms. The Balaban J connectivity index is 3.59. The van der Waals surface area contributed by atoms with E-state index in [1.807, 2.05) is 0 Å². The lowest BCUT2D eigenvalue weighted by Gasteiger charge is -2.10. The lowest BCUT2D eigenvalue weighted by atomic mass is 10.1. The summed E-state index contributed by atoms with van der Waals surface area (Å²) < 4.78 is 10.1. The molecule has 23 heavy (non-hydrogen) atoms. The number of esters is 1. The topological polar surface area (TPSA) is 35.5 Å². The summed E-state index contributed by atoms with van der Waals surface area (Å²) >= 11 is 0. The first kappa shape index (κ1) is 21.9. The van der Waals surface area contributed by atoms with Crippen molar-refractivity contribution in [1.29, 1.82) is 0 Å². The van der Waals surface area contributed by atoms with Gasteiger partial charge in [-0.05, 0) is 25.7 Å². The highest BCUT2D eigenvalue weighted by Crippen LogP contribution is 2.11. The Bertz CT molecular complexity index is 321. The van der Waals surface area contributed by atoms with Crippen LogP contribution in [0.25, 0.3) is 0 Å². The van der Waals surface area contributed by atoms with Crippen LogP contribution in [-0.4, -0.2) is 26.3 Å². The van der Waals surface area contributed by atoms with E-state index < -0.39 is 0 Å². The number of rotatable bonds is 15. The minimum atomic E-state index is -0.0997. The van der Waals surface area contributed by atoms with Crippen molar-refractivity contribution in [3.8, 4) is 0 Å². The van der Waals surface area contributed by atoms with Crippen LogP contribution in [0.2, 0.25) is 0 Å². The molecule has 0 amide bonds. The number of allylic oxidation sites excluding steroid dienone is 3. The monoisotopic (exact) mass is 324 g/mol. The van der Waals surface area contributed by atoms with Gasteiger partial charge in [0.25, 0.3) is 0 Å². The number of unbranched alkanes of at least 4 members (excludes halogenated alkanes) is 7. The molecule has 0 spiro atoms. The van der Waals surface area contributed by atoms with Crippen molar-refractivity contribution in [2.45, 2.75) is 83.7 Å². The van der Waals surface area contributed by atoms with Crippen molar-refractivity contribution in [1.82, 2.24) is 0 Å². The molecule has 0 saturated heterocycles. The molecule has 0 aliphatic rings. The number of carbonyl (C=O) groups excluding carboxylic acids is 1. The average Bonchev–Trinajstić information content (AvgIpc) is 2.57. The fourth-order valence-corrected chi connectivity index (χ4v) is 2.41. The second kappa shape index (κ2) is 17.3. The number of hydrogen-bond acceptors (Lipinski definition) is 3. The summed E-state index contributed by atoms with van der Waals surface area (Å²) in [5.74, 6) is -0.0997. The Morgan fingerprint density at radius 1 is 0.957 bits per heavy atom. The van der Waals surface area contributed by atoms with Gasteiger partial charge in [-0.3, -0.25) is 4.79 Å². The first-order chi connectivity index (χ1) is 11.2. The molecule has 0 N–H and O–H groups in total. The van der Waals surface area contributed by atoms with Crippen molar-refractivity contribution in [3.05, 3.63) is 24.3 Å².